The smallest absolute Gasteiger partial charge is 0.237 e. The first-order chi connectivity index (χ1) is 12.2. The molecular weight excluding hydrogens is 318 g/mol. The molecule has 1 fully saturated rings. The van der Waals surface area contributed by atoms with Crippen LogP contribution in [0.4, 0.5) is 0 Å². The van der Waals surface area contributed by atoms with Crippen molar-refractivity contribution in [2.45, 2.75) is 51.2 Å². The highest BCUT2D eigenvalue weighted by Gasteiger charge is 2.20. The SMILES string of the molecule is COc1cccc(-c2cc(CN[C@H](C)C(=O)NC3CCCC3)on2)c1. The Bertz CT molecular complexity index is 707. The molecule has 1 aromatic heterocycles. The zero-order valence-corrected chi connectivity index (χ0v) is 14.7. The van der Waals surface area contributed by atoms with Crippen LogP contribution in [0.15, 0.2) is 34.9 Å². The van der Waals surface area contributed by atoms with Gasteiger partial charge in [-0.15, -0.1) is 0 Å². The monoisotopic (exact) mass is 343 g/mol. The molecule has 6 nitrogen and oxygen atoms in total. The van der Waals surface area contributed by atoms with Crippen LogP contribution >= 0.6 is 0 Å². The van der Waals surface area contributed by atoms with E-state index in [0.717, 1.165) is 29.8 Å². The molecule has 2 N–H and O–H groups in total. The Morgan fingerprint density at radius 3 is 2.92 bits per heavy atom. The van der Waals surface area contributed by atoms with Crippen molar-refractivity contribution in [2.75, 3.05) is 7.11 Å². The molecule has 1 aromatic carbocycles. The average molecular weight is 343 g/mol. The van der Waals surface area contributed by atoms with E-state index < -0.39 is 0 Å². The van der Waals surface area contributed by atoms with Crippen LogP contribution < -0.4 is 15.4 Å². The van der Waals surface area contributed by atoms with Crippen LogP contribution in [0, 0.1) is 0 Å². The number of rotatable bonds is 7. The van der Waals surface area contributed by atoms with Gasteiger partial charge in [-0.05, 0) is 31.9 Å². The number of carbonyl (C=O) groups excluding carboxylic acids is 1. The molecule has 1 heterocycles. The Balaban J connectivity index is 1.53. The van der Waals surface area contributed by atoms with E-state index in [0.29, 0.717) is 18.3 Å². The van der Waals surface area contributed by atoms with Gasteiger partial charge in [0.25, 0.3) is 0 Å². The Morgan fingerprint density at radius 1 is 1.36 bits per heavy atom. The van der Waals surface area contributed by atoms with Crippen molar-refractivity contribution in [1.29, 1.82) is 0 Å². The van der Waals surface area contributed by atoms with Gasteiger partial charge in [-0.3, -0.25) is 10.1 Å². The predicted octanol–water partition coefficient (Wildman–Crippen LogP) is 2.89. The molecule has 0 spiro atoms. The highest BCUT2D eigenvalue weighted by molar-refractivity contribution is 5.81. The highest BCUT2D eigenvalue weighted by Crippen LogP contribution is 2.23. The van der Waals surface area contributed by atoms with E-state index in [-0.39, 0.29) is 11.9 Å². The van der Waals surface area contributed by atoms with Crippen LogP contribution in [-0.2, 0) is 11.3 Å². The molecule has 0 aliphatic heterocycles. The van der Waals surface area contributed by atoms with Gasteiger partial charge in [-0.1, -0.05) is 30.1 Å². The van der Waals surface area contributed by atoms with Crippen LogP contribution in [0.5, 0.6) is 5.75 Å². The molecular formula is C19H25N3O3. The van der Waals surface area contributed by atoms with Crippen molar-refractivity contribution >= 4 is 5.91 Å². The molecule has 2 aromatic rings. The molecule has 0 bridgehead atoms. The summed E-state index contributed by atoms with van der Waals surface area (Å²) in [5.41, 5.74) is 1.68. The van der Waals surface area contributed by atoms with Crippen molar-refractivity contribution in [2.24, 2.45) is 0 Å². The topological polar surface area (TPSA) is 76.4 Å². The number of benzene rings is 1. The number of amides is 1. The number of nitrogens with one attached hydrogen (secondary N) is 2. The maximum atomic E-state index is 12.2. The van der Waals surface area contributed by atoms with E-state index in [4.69, 9.17) is 9.26 Å². The van der Waals surface area contributed by atoms with E-state index in [2.05, 4.69) is 15.8 Å². The quantitative estimate of drug-likeness (QED) is 0.808. The molecule has 1 aliphatic carbocycles. The molecule has 6 heteroatoms. The normalized spacial score (nSPS) is 15.9. The Morgan fingerprint density at radius 2 is 2.16 bits per heavy atom. The predicted molar refractivity (Wildman–Crippen MR) is 95.2 cm³/mol. The van der Waals surface area contributed by atoms with E-state index >= 15 is 0 Å². The summed E-state index contributed by atoms with van der Waals surface area (Å²) < 4.78 is 10.6. The van der Waals surface area contributed by atoms with Gasteiger partial charge in [-0.25, -0.2) is 0 Å². The third kappa shape index (κ3) is 4.60. The van der Waals surface area contributed by atoms with Crippen molar-refractivity contribution in [1.82, 2.24) is 15.8 Å². The fourth-order valence-corrected chi connectivity index (χ4v) is 3.06. The number of hydrogen-bond acceptors (Lipinski definition) is 5. The van der Waals surface area contributed by atoms with E-state index in [1.165, 1.54) is 12.8 Å². The summed E-state index contributed by atoms with van der Waals surface area (Å²) in [6.45, 7) is 2.32. The third-order valence-corrected chi connectivity index (χ3v) is 4.60. The summed E-state index contributed by atoms with van der Waals surface area (Å²) >= 11 is 0. The summed E-state index contributed by atoms with van der Waals surface area (Å²) in [6, 6.07) is 9.60. The zero-order chi connectivity index (χ0) is 17.6. The number of aromatic nitrogens is 1. The maximum Gasteiger partial charge on any atom is 0.237 e. The van der Waals surface area contributed by atoms with Crippen LogP contribution in [-0.4, -0.2) is 30.3 Å². The first kappa shape index (κ1) is 17.5. The standard InChI is InChI=1S/C19H25N3O3/c1-13(19(23)21-15-7-3-4-8-15)20-12-17-11-18(22-25-17)14-6-5-9-16(10-14)24-2/h5-6,9-11,13,15,20H,3-4,7-8,12H2,1-2H3,(H,21,23)/t13-/m1/s1. The number of methoxy groups -OCH3 is 1. The first-order valence-electron chi connectivity index (χ1n) is 8.79. The van der Waals surface area contributed by atoms with E-state index in [1.807, 2.05) is 37.3 Å². The van der Waals surface area contributed by atoms with E-state index in [1.54, 1.807) is 7.11 Å². The van der Waals surface area contributed by atoms with Gasteiger partial charge >= 0.3 is 0 Å². The van der Waals surface area contributed by atoms with Crippen molar-refractivity contribution in [3.63, 3.8) is 0 Å². The minimum absolute atomic E-state index is 0.0411. The van der Waals surface area contributed by atoms with Gasteiger partial charge in [0, 0.05) is 17.7 Å². The highest BCUT2D eigenvalue weighted by atomic mass is 16.5. The first-order valence-corrected chi connectivity index (χ1v) is 8.79. The lowest BCUT2D eigenvalue weighted by atomic mass is 10.1. The van der Waals surface area contributed by atoms with Crippen molar-refractivity contribution in [3.05, 3.63) is 36.1 Å². The van der Waals surface area contributed by atoms with Crippen LogP contribution in [0.1, 0.15) is 38.4 Å². The van der Waals surface area contributed by atoms with Gasteiger partial charge in [0.2, 0.25) is 5.91 Å². The Labute approximate surface area is 147 Å². The minimum atomic E-state index is -0.272. The second kappa shape index (κ2) is 8.16. The largest absolute Gasteiger partial charge is 0.497 e. The fraction of sp³-hybridized carbons (Fsp3) is 0.474. The molecule has 3 rings (SSSR count). The summed E-state index contributed by atoms with van der Waals surface area (Å²) in [5.74, 6) is 1.51. The fourth-order valence-electron chi connectivity index (χ4n) is 3.06. The molecule has 1 saturated carbocycles. The summed E-state index contributed by atoms with van der Waals surface area (Å²) in [6.07, 6.45) is 4.59. The number of hydrogen-bond donors (Lipinski definition) is 2. The summed E-state index contributed by atoms with van der Waals surface area (Å²) in [4.78, 5) is 12.2. The molecule has 0 unspecified atom stereocenters. The van der Waals surface area contributed by atoms with Gasteiger partial charge in [-0.2, -0.15) is 0 Å². The average Bonchev–Trinajstić information content (AvgIpc) is 3.31. The lowest BCUT2D eigenvalue weighted by Crippen LogP contribution is -2.45. The minimum Gasteiger partial charge on any atom is -0.497 e. The molecule has 25 heavy (non-hydrogen) atoms. The Hall–Kier alpha value is -2.34. The number of ether oxygens (including phenoxy) is 1. The second-order valence-corrected chi connectivity index (χ2v) is 6.50. The molecule has 0 radical (unpaired) electrons. The lowest BCUT2D eigenvalue weighted by Gasteiger charge is -2.17. The molecule has 1 amide bonds. The second-order valence-electron chi connectivity index (χ2n) is 6.50. The van der Waals surface area contributed by atoms with Crippen LogP contribution in [0.2, 0.25) is 0 Å². The van der Waals surface area contributed by atoms with Gasteiger partial charge in [0.05, 0.1) is 19.7 Å². The van der Waals surface area contributed by atoms with Gasteiger partial charge < -0.3 is 14.6 Å². The molecule has 1 aliphatic rings. The number of carbonyl (C=O) groups is 1. The third-order valence-electron chi connectivity index (χ3n) is 4.60. The summed E-state index contributed by atoms with van der Waals surface area (Å²) in [5, 5.41) is 10.4. The van der Waals surface area contributed by atoms with Crippen molar-refractivity contribution < 1.29 is 14.1 Å². The maximum absolute atomic E-state index is 12.2. The number of nitrogens with zero attached hydrogens (tertiary/aromatic N) is 1. The van der Waals surface area contributed by atoms with Crippen LogP contribution in [0.3, 0.4) is 0 Å². The molecule has 0 saturated heterocycles. The van der Waals surface area contributed by atoms with Crippen LogP contribution in [0.25, 0.3) is 11.3 Å². The zero-order valence-electron chi connectivity index (χ0n) is 14.7. The van der Waals surface area contributed by atoms with Gasteiger partial charge in [0.15, 0.2) is 5.76 Å². The Kier molecular flexibility index (Phi) is 5.71. The van der Waals surface area contributed by atoms with E-state index in [9.17, 15) is 4.79 Å². The molecule has 134 valence electrons. The lowest BCUT2D eigenvalue weighted by molar-refractivity contribution is -0.123. The van der Waals surface area contributed by atoms with Crippen molar-refractivity contribution in [3.8, 4) is 17.0 Å². The molecule has 1 atom stereocenters. The summed E-state index contributed by atoms with van der Waals surface area (Å²) in [7, 11) is 1.63. The van der Waals surface area contributed by atoms with Gasteiger partial charge in [0.1, 0.15) is 11.4 Å².